The second kappa shape index (κ2) is 6.33. The van der Waals surface area contributed by atoms with Crippen LogP contribution in [0.2, 0.25) is 0 Å². The van der Waals surface area contributed by atoms with Crippen LogP contribution in [0.1, 0.15) is 0 Å². The summed E-state index contributed by atoms with van der Waals surface area (Å²) in [4.78, 5) is 9.68. The maximum absolute atomic E-state index is 4.51. The van der Waals surface area contributed by atoms with Gasteiger partial charge in [-0.25, -0.2) is 0 Å². The SMILES string of the molecule is Cn1ncc2cccc(NSc3ccc(-c4cccnc4)nc3)c21. The average Bonchev–Trinajstić information content (AvgIpc) is 3.03. The number of aryl methyl sites for hydroxylation is 1. The van der Waals surface area contributed by atoms with Crippen LogP contribution < -0.4 is 4.72 Å². The standard InChI is InChI=1S/C18H15N5S/c1-23-18-14(11-21-23)4-2-6-17(18)22-24-15-7-8-16(20-12-15)13-5-3-9-19-10-13/h2-12,22H,1H3. The molecule has 0 saturated carbocycles. The Hall–Kier alpha value is -2.86. The molecule has 0 saturated heterocycles. The van der Waals surface area contributed by atoms with E-state index in [1.54, 1.807) is 6.20 Å². The van der Waals surface area contributed by atoms with Crippen molar-refractivity contribution in [1.29, 1.82) is 0 Å². The number of hydrogen-bond acceptors (Lipinski definition) is 5. The van der Waals surface area contributed by atoms with Gasteiger partial charge in [-0.2, -0.15) is 5.10 Å². The van der Waals surface area contributed by atoms with Gasteiger partial charge in [-0.15, -0.1) is 0 Å². The summed E-state index contributed by atoms with van der Waals surface area (Å²) < 4.78 is 5.27. The maximum Gasteiger partial charge on any atom is 0.0918 e. The van der Waals surface area contributed by atoms with E-state index in [1.807, 2.05) is 54.6 Å². The second-order valence-electron chi connectivity index (χ2n) is 5.34. The Morgan fingerprint density at radius 3 is 2.75 bits per heavy atom. The van der Waals surface area contributed by atoms with Crippen LogP contribution in [0.25, 0.3) is 22.2 Å². The van der Waals surface area contributed by atoms with Crippen molar-refractivity contribution in [2.24, 2.45) is 7.05 Å². The van der Waals surface area contributed by atoms with Crippen LogP contribution in [0.15, 0.2) is 72.1 Å². The van der Waals surface area contributed by atoms with Gasteiger partial charge in [-0.05, 0) is 42.3 Å². The summed E-state index contributed by atoms with van der Waals surface area (Å²) in [5.41, 5.74) is 4.06. The highest BCUT2D eigenvalue weighted by Crippen LogP contribution is 2.28. The molecule has 1 aromatic carbocycles. The van der Waals surface area contributed by atoms with E-state index in [9.17, 15) is 0 Å². The lowest BCUT2D eigenvalue weighted by atomic mass is 10.2. The van der Waals surface area contributed by atoms with E-state index >= 15 is 0 Å². The third-order valence-corrected chi connectivity index (χ3v) is 4.53. The summed E-state index contributed by atoms with van der Waals surface area (Å²) >= 11 is 1.54. The smallest absolute Gasteiger partial charge is 0.0918 e. The molecule has 118 valence electrons. The van der Waals surface area contributed by atoms with E-state index < -0.39 is 0 Å². The van der Waals surface area contributed by atoms with E-state index in [0.717, 1.165) is 32.7 Å². The van der Waals surface area contributed by atoms with Gasteiger partial charge in [-0.1, -0.05) is 12.1 Å². The van der Waals surface area contributed by atoms with Crippen LogP contribution in [0, 0.1) is 0 Å². The van der Waals surface area contributed by atoms with E-state index in [0.29, 0.717) is 0 Å². The minimum Gasteiger partial charge on any atom is -0.324 e. The third-order valence-electron chi connectivity index (χ3n) is 3.73. The fourth-order valence-corrected chi connectivity index (χ4v) is 3.19. The number of benzene rings is 1. The molecule has 3 aromatic heterocycles. The number of fused-ring (bicyclic) bond motifs is 1. The van der Waals surface area contributed by atoms with Crippen molar-refractivity contribution >= 4 is 28.5 Å². The van der Waals surface area contributed by atoms with Crippen molar-refractivity contribution in [3.63, 3.8) is 0 Å². The Kier molecular flexibility index (Phi) is 3.88. The number of aromatic nitrogens is 4. The van der Waals surface area contributed by atoms with Gasteiger partial charge in [0.15, 0.2) is 0 Å². The van der Waals surface area contributed by atoms with E-state index in [1.165, 1.54) is 11.9 Å². The van der Waals surface area contributed by atoms with Crippen molar-refractivity contribution in [2.75, 3.05) is 4.72 Å². The molecule has 1 N–H and O–H groups in total. The molecule has 0 aliphatic rings. The average molecular weight is 333 g/mol. The zero-order valence-electron chi connectivity index (χ0n) is 13.0. The van der Waals surface area contributed by atoms with Gasteiger partial charge < -0.3 is 4.72 Å². The summed E-state index contributed by atoms with van der Waals surface area (Å²) in [5, 5.41) is 5.42. The van der Waals surface area contributed by atoms with Crippen LogP contribution >= 0.6 is 11.9 Å². The van der Waals surface area contributed by atoms with Crippen molar-refractivity contribution in [3.8, 4) is 11.3 Å². The van der Waals surface area contributed by atoms with Crippen molar-refractivity contribution in [1.82, 2.24) is 19.7 Å². The highest BCUT2D eigenvalue weighted by atomic mass is 32.2. The summed E-state index contributed by atoms with van der Waals surface area (Å²) in [5.74, 6) is 0. The number of nitrogens with one attached hydrogen (secondary N) is 1. The Balaban J connectivity index is 1.52. The first-order chi connectivity index (χ1) is 11.8. The summed E-state index contributed by atoms with van der Waals surface area (Å²) in [6.45, 7) is 0. The van der Waals surface area contributed by atoms with Crippen LogP contribution in [0.5, 0.6) is 0 Å². The molecular formula is C18H15N5S. The molecule has 0 radical (unpaired) electrons. The Bertz CT molecular complexity index is 964. The third kappa shape index (κ3) is 2.83. The predicted molar refractivity (Wildman–Crippen MR) is 97.7 cm³/mol. The predicted octanol–water partition coefficient (Wildman–Crippen LogP) is 4.15. The fourth-order valence-electron chi connectivity index (χ4n) is 2.56. The molecule has 5 nitrogen and oxygen atoms in total. The topological polar surface area (TPSA) is 55.6 Å². The fraction of sp³-hybridized carbons (Fsp3) is 0.0556. The Labute approximate surface area is 143 Å². The quantitative estimate of drug-likeness (QED) is 0.569. The molecule has 0 spiro atoms. The molecule has 0 unspecified atom stereocenters. The molecule has 4 aromatic rings. The van der Waals surface area contributed by atoms with Crippen LogP contribution in [0.3, 0.4) is 0 Å². The highest BCUT2D eigenvalue weighted by Gasteiger charge is 2.06. The number of anilines is 1. The van der Waals surface area contributed by atoms with Crippen molar-refractivity contribution in [3.05, 3.63) is 67.3 Å². The molecule has 0 bridgehead atoms. The molecule has 6 heteroatoms. The minimum absolute atomic E-state index is 0.918. The first-order valence-electron chi connectivity index (χ1n) is 7.51. The Morgan fingerprint density at radius 1 is 1.00 bits per heavy atom. The molecular weight excluding hydrogens is 318 g/mol. The van der Waals surface area contributed by atoms with Gasteiger partial charge in [0, 0.05) is 41.5 Å². The molecule has 4 rings (SSSR count). The van der Waals surface area contributed by atoms with Crippen molar-refractivity contribution in [2.45, 2.75) is 4.90 Å². The lowest BCUT2D eigenvalue weighted by Gasteiger charge is -2.08. The number of para-hydroxylation sites is 1. The number of pyridine rings is 2. The summed E-state index contributed by atoms with van der Waals surface area (Å²) in [6.07, 6.45) is 7.31. The molecule has 3 heterocycles. The Morgan fingerprint density at radius 2 is 1.96 bits per heavy atom. The molecule has 0 aliphatic heterocycles. The zero-order valence-corrected chi connectivity index (χ0v) is 13.9. The van der Waals surface area contributed by atoms with E-state index in [2.05, 4.69) is 38.0 Å². The zero-order chi connectivity index (χ0) is 16.4. The van der Waals surface area contributed by atoms with Crippen LogP contribution in [-0.4, -0.2) is 19.7 Å². The summed E-state index contributed by atoms with van der Waals surface area (Å²) in [7, 11) is 1.95. The molecule has 24 heavy (non-hydrogen) atoms. The number of rotatable bonds is 4. The lowest BCUT2D eigenvalue weighted by Crippen LogP contribution is -1.94. The molecule has 0 fully saturated rings. The van der Waals surface area contributed by atoms with Crippen LogP contribution in [-0.2, 0) is 7.05 Å². The van der Waals surface area contributed by atoms with Crippen LogP contribution in [0.4, 0.5) is 5.69 Å². The molecule has 0 atom stereocenters. The van der Waals surface area contributed by atoms with Gasteiger partial charge >= 0.3 is 0 Å². The van der Waals surface area contributed by atoms with Gasteiger partial charge in [0.25, 0.3) is 0 Å². The number of nitrogens with zero attached hydrogens (tertiary/aromatic N) is 4. The largest absolute Gasteiger partial charge is 0.324 e. The van der Waals surface area contributed by atoms with Gasteiger partial charge in [0.05, 0.1) is 23.1 Å². The van der Waals surface area contributed by atoms with Gasteiger partial charge in [-0.3, -0.25) is 14.6 Å². The second-order valence-corrected chi connectivity index (χ2v) is 6.22. The monoisotopic (exact) mass is 333 g/mol. The van der Waals surface area contributed by atoms with E-state index in [4.69, 9.17) is 0 Å². The minimum atomic E-state index is 0.918. The first-order valence-corrected chi connectivity index (χ1v) is 8.33. The maximum atomic E-state index is 4.51. The van der Waals surface area contributed by atoms with E-state index in [-0.39, 0.29) is 0 Å². The molecule has 0 amide bonds. The van der Waals surface area contributed by atoms with Gasteiger partial charge in [0.1, 0.15) is 0 Å². The highest BCUT2D eigenvalue weighted by molar-refractivity contribution is 8.00. The van der Waals surface area contributed by atoms with Gasteiger partial charge in [0.2, 0.25) is 0 Å². The summed E-state index contributed by atoms with van der Waals surface area (Å²) in [6, 6.07) is 14.1. The molecule has 0 aliphatic carbocycles. The first kappa shape index (κ1) is 14.7. The number of hydrogen-bond donors (Lipinski definition) is 1. The lowest BCUT2D eigenvalue weighted by molar-refractivity contribution is 0.798. The van der Waals surface area contributed by atoms with Crippen molar-refractivity contribution < 1.29 is 0 Å². The normalized spacial score (nSPS) is 10.9.